The first kappa shape index (κ1) is 15.2. The van der Waals surface area contributed by atoms with Gasteiger partial charge in [0.2, 0.25) is 0 Å². The number of nitrogens with zero attached hydrogens (tertiary/aromatic N) is 2. The zero-order chi connectivity index (χ0) is 16.2. The zero-order valence-electron chi connectivity index (χ0n) is 13.5. The van der Waals surface area contributed by atoms with Crippen molar-refractivity contribution in [2.75, 3.05) is 6.54 Å². The Labute approximate surface area is 136 Å². The number of benzene rings is 2. The number of carbonyl (C=O) groups excluding carboxylic acids is 1. The van der Waals surface area contributed by atoms with Gasteiger partial charge in [-0.2, -0.15) is 0 Å². The maximum atomic E-state index is 12.8. The van der Waals surface area contributed by atoms with Crippen molar-refractivity contribution in [1.82, 2.24) is 9.88 Å². The average Bonchev–Trinajstić information content (AvgIpc) is 2.60. The first-order valence-electron chi connectivity index (χ1n) is 7.88. The molecule has 0 saturated heterocycles. The molecule has 1 aromatic heterocycles. The van der Waals surface area contributed by atoms with E-state index in [1.54, 1.807) is 0 Å². The van der Waals surface area contributed by atoms with Crippen molar-refractivity contribution >= 4 is 16.8 Å². The highest BCUT2D eigenvalue weighted by molar-refractivity contribution is 5.94. The number of para-hydroxylation sites is 1. The topological polar surface area (TPSA) is 33.2 Å². The number of pyridine rings is 1. The van der Waals surface area contributed by atoms with Gasteiger partial charge in [-0.3, -0.25) is 4.79 Å². The van der Waals surface area contributed by atoms with Crippen LogP contribution < -0.4 is 0 Å². The third-order valence-electron chi connectivity index (χ3n) is 4.11. The summed E-state index contributed by atoms with van der Waals surface area (Å²) in [6.07, 6.45) is 0. The SMILES string of the molecule is CCN(Cc1ccccc1C)C(=O)c1ccc2ccccc2n1. The Balaban J connectivity index is 1.88. The van der Waals surface area contributed by atoms with Crippen LogP contribution in [0.15, 0.2) is 60.7 Å². The van der Waals surface area contributed by atoms with Crippen LogP contribution in [0.3, 0.4) is 0 Å². The lowest BCUT2D eigenvalue weighted by molar-refractivity contribution is 0.0747. The van der Waals surface area contributed by atoms with Gasteiger partial charge < -0.3 is 4.90 Å². The number of fused-ring (bicyclic) bond motifs is 1. The van der Waals surface area contributed by atoms with E-state index in [1.807, 2.05) is 60.4 Å². The van der Waals surface area contributed by atoms with Crippen LogP contribution in [0, 0.1) is 6.92 Å². The van der Waals surface area contributed by atoms with E-state index < -0.39 is 0 Å². The van der Waals surface area contributed by atoms with E-state index in [0.717, 1.165) is 10.9 Å². The fourth-order valence-corrected chi connectivity index (χ4v) is 2.67. The number of hydrogen-bond acceptors (Lipinski definition) is 2. The number of aromatic nitrogens is 1. The van der Waals surface area contributed by atoms with Crippen LogP contribution in [0.5, 0.6) is 0 Å². The Morgan fingerprint density at radius 1 is 1.00 bits per heavy atom. The normalized spacial score (nSPS) is 10.7. The Hall–Kier alpha value is -2.68. The second-order valence-electron chi connectivity index (χ2n) is 5.64. The summed E-state index contributed by atoms with van der Waals surface area (Å²) in [6.45, 7) is 5.33. The summed E-state index contributed by atoms with van der Waals surface area (Å²) in [5, 5.41) is 1.05. The van der Waals surface area contributed by atoms with Crippen molar-refractivity contribution in [3.05, 3.63) is 77.5 Å². The molecule has 3 aromatic rings. The van der Waals surface area contributed by atoms with Crippen molar-refractivity contribution in [3.8, 4) is 0 Å². The number of rotatable bonds is 4. The van der Waals surface area contributed by atoms with Gasteiger partial charge in [0.1, 0.15) is 5.69 Å². The monoisotopic (exact) mass is 304 g/mol. The van der Waals surface area contributed by atoms with Crippen LogP contribution in [-0.2, 0) is 6.54 Å². The van der Waals surface area contributed by atoms with Gasteiger partial charge in [-0.05, 0) is 37.1 Å². The molecule has 0 atom stereocenters. The van der Waals surface area contributed by atoms with Crippen LogP contribution in [0.2, 0.25) is 0 Å². The summed E-state index contributed by atoms with van der Waals surface area (Å²) < 4.78 is 0. The molecular formula is C20H20N2O. The lowest BCUT2D eigenvalue weighted by atomic mass is 10.1. The number of amides is 1. The van der Waals surface area contributed by atoms with E-state index in [2.05, 4.69) is 24.0 Å². The van der Waals surface area contributed by atoms with Crippen LogP contribution in [0.25, 0.3) is 10.9 Å². The lowest BCUT2D eigenvalue weighted by Gasteiger charge is -2.21. The van der Waals surface area contributed by atoms with Gasteiger partial charge in [0.25, 0.3) is 5.91 Å². The molecule has 116 valence electrons. The highest BCUT2D eigenvalue weighted by Gasteiger charge is 2.16. The molecule has 0 bridgehead atoms. The van der Waals surface area contributed by atoms with Gasteiger partial charge >= 0.3 is 0 Å². The van der Waals surface area contributed by atoms with Crippen molar-refractivity contribution in [2.45, 2.75) is 20.4 Å². The molecule has 0 unspecified atom stereocenters. The summed E-state index contributed by atoms with van der Waals surface area (Å²) in [4.78, 5) is 19.1. The predicted octanol–water partition coefficient (Wildman–Crippen LogP) is 4.21. The summed E-state index contributed by atoms with van der Waals surface area (Å²) in [7, 11) is 0. The third-order valence-corrected chi connectivity index (χ3v) is 4.11. The summed E-state index contributed by atoms with van der Waals surface area (Å²) in [6, 6.07) is 19.8. The van der Waals surface area contributed by atoms with Gasteiger partial charge in [0.15, 0.2) is 0 Å². The minimum Gasteiger partial charge on any atom is -0.333 e. The largest absolute Gasteiger partial charge is 0.333 e. The molecule has 0 spiro atoms. The van der Waals surface area contributed by atoms with Gasteiger partial charge in [-0.15, -0.1) is 0 Å². The molecule has 0 aliphatic rings. The summed E-state index contributed by atoms with van der Waals surface area (Å²) in [5.41, 5.74) is 3.72. The maximum absolute atomic E-state index is 12.8. The van der Waals surface area contributed by atoms with Crippen molar-refractivity contribution in [3.63, 3.8) is 0 Å². The predicted molar refractivity (Wildman–Crippen MR) is 93.3 cm³/mol. The van der Waals surface area contributed by atoms with Gasteiger partial charge in [0.05, 0.1) is 5.52 Å². The molecule has 3 heteroatoms. The molecule has 0 aliphatic heterocycles. The lowest BCUT2D eigenvalue weighted by Crippen LogP contribution is -2.31. The Morgan fingerprint density at radius 2 is 1.74 bits per heavy atom. The highest BCUT2D eigenvalue weighted by atomic mass is 16.2. The maximum Gasteiger partial charge on any atom is 0.272 e. The second kappa shape index (κ2) is 6.61. The third kappa shape index (κ3) is 3.24. The Morgan fingerprint density at radius 3 is 2.52 bits per heavy atom. The highest BCUT2D eigenvalue weighted by Crippen LogP contribution is 2.15. The molecule has 0 fully saturated rings. The molecule has 0 saturated carbocycles. The van der Waals surface area contributed by atoms with Gasteiger partial charge in [-0.1, -0.05) is 48.5 Å². The fraction of sp³-hybridized carbons (Fsp3) is 0.200. The van der Waals surface area contributed by atoms with Crippen LogP contribution >= 0.6 is 0 Å². The molecule has 3 rings (SSSR count). The standard InChI is InChI=1S/C20H20N2O/c1-3-22(14-17-10-5-4-8-15(17)2)20(23)19-13-12-16-9-6-7-11-18(16)21-19/h4-13H,3,14H2,1-2H3. The molecule has 0 N–H and O–H groups in total. The van der Waals surface area contributed by atoms with Gasteiger partial charge in [-0.25, -0.2) is 4.98 Å². The van der Waals surface area contributed by atoms with Crippen molar-refractivity contribution in [1.29, 1.82) is 0 Å². The van der Waals surface area contributed by atoms with E-state index in [4.69, 9.17) is 0 Å². The van der Waals surface area contributed by atoms with E-state index in [0.29, 0.717) is 18.8 Å². The zero-order valence-corrected chi connectivity index (χ0v) is 13.5. The van der Waals surface area contributed by atoms with E-state index in [-0.39, 0.29) is 5.91 Å². The fourth-order valence-electron chi connectivity index (χ4n) is 2.67. The molecular weight excluding hydrogens is 284 g/mol. The molecule has 2 aromatic carbocycles. The molecule has 0 aliphatic carbocycles. The quantitative estimate of drug-likeness (QED) is 0.723. The average molecular weight is 304 g/mol. The molecule has 0 radical (unpaired) electrons. The van der Waals surface area contributed by atoms with E-state index in [9.17, 15) is 4.79 Å². The summed E-state index contributed by atoms with van der Waals surface area (Å²) >= 11 is 0. The van der Waals surface area contributed by atoms with Gasteiger partial charge in [0, 0.05) is 18.5 Å². The molecule has 1 amide bonds. The van der Waals surface area contributed by atoms with E-state index >= 15 is 0 Å². The number of hydrogen-bond donors (Lipinski definition) is 0. The smallest absolute Gasteiger partial charge is 0.272 e. The van der Waals surface area contributed by atoms with Crippen molar-refractivity contribution in [2.24, 2.45) is 0 Å². The van der Waals surface area contributed by atoms with Crippen LogP contribution in [0.1, 0.15) is 28.5 Å². The first-order chi connectivity index (χ1) is 11.2. The van der Waals surface area contributed by atoms with E-state index in [1.165, 1.54) is 11.1 Å². The molecule has 23 heavy (non-hydrogen) atoms. The number of carbonyl (C=O) groups is 1. The van der Waals surface area contributed by atoms with Crippen LogP contribution in [-0.4, -0.2) is 22.3 Å². The Bertz CT molecular complexity index is 842. The first-order valence-corrected chi connectivity index (χ1v) is 7.88. The molecule has 1 heterocycles. The molecule has 3 nitrogen and oxygen atoms in total. The number of aryl methyl sites for hydroxylation is 1. The Kier molecular flexibility index (Phi) is 4.38. The van der Waals surface area contributed by atoms with Crippen molar-refractivity contribution < 1.29 is 4.79 Å². The minimum atomic E-state index is -0.0264. The minimum absolute atomic E-state index is 0.0264. The van der Waals surface area contributed by atoms with Crippen LogP contribution in [0.4, 0.5) is 0 Å². The summed E-state index contributed by atoms with van der Waals surface area (Å²) in [5.74, 6) is -0.0264. The second-order valence-corrected chi connectivity index (χ2v) is 5.64.